The SMILES string of the molecule is COC(=O)c1cc(N)ccc1O[C@@H]1O[C@@H](CO)[C@@H](O[C@@H]2OC(CO[C@H]3OC[C@@H](O)[C@H](O)C3O)[C@@H](O[C@@H]3O[C@@H](CO[C@H]4OC[C@@H](O)C(O)C4O)[C@@H](O[C@@H]4OC(CO[C@H]5OC[C@@H](O)[C@H](O)C5O)[C@@H](O)[C@H](O)C4O)C(O)C3O)[C@H](O)C2O)C(O)C1O. The molecule has 7 aliphatic heterocycles. The van der Waals surface area contributed by atoms with Crippen molar-refractivity contribution in [3.05, 3.63) is 23.8 Å². The lowest BCUT2D eigenvalue weighted by Crippen LogP contribution is -2.68. The molecule has 8 rings (SSSR count). The van der Waals surface area contributed by atoms with Crippen LogP contribution in [0.2, 0.25) is 0 Å². The van der Waals surface area contributed by atoms with Crippen LogP contribution in [0.15, 0.2) is 18.2 Å². The van der Waals surface area contributed by atoms with Crippen LogP contribution >= 0.6 is 0 Å². The maximum Gasteiger partial charge on any atom is 0.341 e. The number of nitrogens with two attached hydrogens (primary N) is 1. The molecule has 0 spiro atoms. The van der Waals surface area contributed by atoms with Crippen molar-refractivity contribution >= 4 is 11.7 Å². The van der Waals surface area contributed by atoms with Crippen molar-refractivity contribution in [2.45, 2.75) is 197 Å². The third-order valence-corrected chi connectivity index (χ3v) is 14.9. The van der Waals surface area contributed by atoms with Gasteiger partial charge in [-0.05, 0) is 18.2 Å². The van der Waals surface area contributed by atoms with Crippen molar-refractivity contribution in [2.75, 3.05) is 59.1 Å². The Labute approximate surface area is 469 Å². The van der Waals surface area contributed by atoms with Gasteiger partial charge >= 0.3 is 5.97 Å². The van der Waals surface area contributed by atoms with E-state index in [1.807, 2.05) is 0 Å². The second kappa shape index (κ2) is 28.4. The molecule has 0 radical (unpaired) electrons. The Morgan fingerprint density at radius 2 is 0.795 bits per heavy atom. The Bertz CT molecular complexity index is 2210. The van der Waals surface area contributed by atoms with E-state index >= 15 is 0 Å². The first-order chi connectivity index (χ1) is 39.3. The first-order valence-electron chi connectivity index (χ1n) is 26.1. The van der Waals surface area contributed by atoms with Gasteiger partial charge in [-0.15, -0.1) is 0 Å². The van der Waals surface area contributed by atoms with Crippen LogP contribution in [0.5, 0.6) is 5.75 Å². The van der Waals surface area contributed by atoms with Crippen LogP contribution in [0.25, 0.3) is 0 Å². The van der Waals surface area contributed by atoms with Crippen molar-refractivity contribution in [2.24, 2.45) is 0 Å². The minimum atomic E-state index is -2.33. The first kappa shape index (κ1) is 66.0. The summed E-state index contributed by atoms with van der Waals surface area (Å²) in [7, 11) is 1.07. The van der Waals surface area contributed by atoms with Gasteiger partial charge in [0.1, 0.15) is 164 Å². The summed E-state index contributed by atoms with van der Waals surface area (Å²) in [4.78, 5) is 12.5. The number of methoxy groups -OCH3 is 1. The highest BCUT2D eigenvalue weighted by Gasteiger charge is 2.57. The summed E-state index contributed by atoms with van der Waals surface area (Å²) in [5.74, 6) is -1.14. The number of rotatable bonds is 19. The molecule has 7 fully saturated rings. The van der Waals surface area contributed by atoms with Crippen LogP contribution in [0.3, 0.4) is 0 Å². The molecule has 0 saturated carbocycles. The molecule has 7 aliphatic rings. The molecule has 21 N–H and O–H groups in total. The van der Waals surface area contributed by atoms with Gasteiger partial charge in [0.2, 0.25) is 6.29 Å². The van der Waals surface area contributed by atoms with Gasteiger partial charge in [-0.1, -0.05) is 0 Å². The molecular weight excluding hydrogens is 1140 g/mol. The molecule has 0 amide bonds. The fraction of sp³-hybridized carbons (Fsp3) is 0.851. The molecular formula is C47H73NO35. The number of carbonyl (C=O) groups is 1. The Morgan fingerprint density at radius 3 is 1.20 bits per heavy atom. The summed E-state index contributed by atoms with van der Waals surface area (Å²) in [6.07, 6.45) is -61.4. The molecule has 476 valence electrons. The number of aliphatic hydroxyl groups is 19. The van der Waals surface area contributed by atoms with Crippen LogP contribution in [-0.2, 0) is 66.3 Å². The van der Waals surface area contributed by atoms with Gasteiger partial charge in [0.05, 0.1) is 53.4 Å². The van der Waals surface area contributed by atoms with E-state index < -0.39 is 249 Å². The second-order valence-corrected chi connectivity index (χ2v) is 20.7. The minimum Gasteiger partial charge on any atom is -0.465 e. The molecule has 1 aromatic carbocycles. The number of anilines is 1. The van der Waals surface area contributed by atoms with Crippen molar-refractivity contribution < 1.29 is 173 Å². The van der Waals surface area contributed by atoms with Crippen LogP contribution in [0.1, 0.15) is 10.4 Å². The first-order valence-corrected chi connectivity index (χ1v) is 26.1. The van der Waals surface area contributed by atoms with E-state index in [0.717, 1.165) is 7.11 Å². The molecule has 0 aromatic heterocycles. The topological polar surface area (TPSA) is 566 Å². The van der Waals surface area contributed by atoms with Gasteiger partial charge in [-0.2, -0.15) is 0 Å². The number of esters is 1. The zero-order valence-corrected chi connectivity index (χ0v) is 43.8. The predicted molar refractivity (Wildman–Crippen MR) is 254 cm³/mol. The van der Waals surface area contributed by atoms with Crippen LogP contribution in [-0.4, -0.2) is 353 Å². The van der Waals surface area contributed by atoms with Crippen LogP contribution < -0.4 is 10.5 Å². The quantitative estimate of drug-likeness (QED) is 0.0452. The van der Waals surface area contributed by atoms with Crippen LogP contribution in [0.4, 0.5) is 5.69 Å². The largest absolute Gasteiger partial charge is 0.465 e. The maximum atomic E-state index is 12.5. The normalized spacial score (nSPS) is 48.1. The summed E-state index contributed by atoms with van der Waals surface area (Å²) in [5.41, 5.74) is 5.72. The van der Waals surface area contributed by atoms with Gasteiger partial charge in [0.25, 0.3) is 0 Å². The summed E-state index contributed by atoms with van der Waals surface area (Å²) in [5, 5.41) is 205. The van der Waals surface area contributed by atoms with Crippen molar-refractivity contribution in [1.29, 1.82) is 0 Å². The highest BCUT2D eigenvalue weighted by atomic mass is 16.8. The molecule has 1 aromatic rings. The van der Waals surface area contributed by atoms with E-state index in [4.69, 9.17) is 76.8 Å². The lowest BCUT2D eigenvalue weighted by molar-refractivity contribution is -0.393. The number of hydrogen-bond donors (Lipinski definition) is 20. The van der Waals surface area contributed by atoms with Gasteiger partial charge in [0.15, 0.2) is 37.7 Å². The van der Waals surface area contributed by atoms with Gasteiger partial charge in [0, 0.05) is 5.69 Å². The lowest BCUT2D eigenvalue weighted by atomic mass is 9.95. The highest BCUT2D eigenvalue weighted by Crippen LogP contribution is 2.37. The van der Waals surface area contributed by atoms with Crippen molar-refractivity contribution in [3.8, 4) is 5.75 Å². The van der Waals surface area contributed by atoms with E-state index in [1.54, 1.807) is 0 Å². The van der Waals surface area contributed by atoms with E-state index in [1.165, 1.54) is 18.2 Å². The number of carbonyl (C=O) groups excluding carboxylic acids is 1. The van der Waals surface area contributed by atoms with Crippen LogP contribution in [0, 0.1) is 0 Å². The third-order valence-electron chi connectivity index (χ3n) is 14.9. The van der Waals surface area contributed by atoms with E-state index in [0.29, 0.717) is 0 Å². The van der Waals surface area contributed by atoms with Gasteiger partial charge in [-0.25, -0.2) is 4.79 Å². The number of nitrogen functional groups attached to an aromatic ring is 1. The van der Waals surface area contributed by atoms with E-state index in [9.17, 15) is 102 Å². The Morgan fingerprint density at radius 1 is 0.446 bits per heavy atom. The molecule has 36 nitrogen and oxygen atoms in total. The smallest absolute Gasteiger partial charge is 0.341 e. The summed E-state index contributed by atoms with van der Waals surface area (Å²) in [6, 6.07) is 3.76. The number of benzene rings is 1. The maximum absolute atomic E-state index is 12.5. The standard InChI is InChI=1S/C47H73NO35/c1-69-40(68)13-4-12(48)2-3-17(13)76-44-34(65)27(58)37(18(5-49)77-44)81-46-35(66)28(59)39(21(79-46)11-75-43-32(63)24(55)16(52)8-72-43)83-47-36(67)29(60)38(20(80-47)10-74-42-31(62)23(54)15(51)7-71-42)82-45-33(64)26(57)25(56)19(78-45)9-73-41-30(61)22(53)14(50)6-70-41/h2-4,14-16,18-39,41-47,49-67H,5-11,48H2,1H3/t14-,15-,16-,18+,19?,20+,21?,22+,23?,24+,25-,26+,27?,28-,29?,30?,31?,32?,33?,34?,35?,36?,37-,38-,39-,41-,42-,43-,44-,45+,46+,47+/m1/s1. The highest BCUT2D eigenvalue weighted by molar-refractivity contribution is 5.93. The number of ether oxygens (including phenoxy) is 15. The van der Waals surface area contributed by atoms with Gasteiger partial charge < -0.3 is 174 Å². The molecule has 83 heavy (non-hydrogen) atoms. The predicted octanol–water partition coefficient (Wildman–Crippen LogP) is -12.9. The number of hydrogen-bond acceptors (Lipinski definition) is 36. The zero-order chi connectivity index (χ0) is 60.5. The second-order valence-electron chi connectivity index (χ2n) is 20.7. The fourth-order valence-electron chi connectivity index (χ4n) is 9.98. The van der Waals surface area contributed by atoms with Crippen molar-refractivity contribution in [1.82, 2.24) is 0 Å². The molecule has 7 heterocycles. The Hall–Kier alpha value is -2.99. The molecule has 0 bridgehead atoms. The number of aliphatic hydroxyl groups excluding tert-OH is 19. The zero-order valence-electron chi connectivity index (χ0n) is 43.8. The summed E-state index contributed by atoms with van der Waals surface area (Å²) in [6.45, 7) is -5.15. The third kappa shape index (κ3) is 14.5. The average Bonchev–Trinajstić information content (AvgIpc) is 3.34. The average molecular weight is 1210 g/mol. The molecule has 36 heteroatoms. The minimum absolute atomic E-state index is 0.120. The Balaban J connectivity index is 1.02. The van der Waals surface area contributed by atoms with Gasteiger partial charge in [-0.3, -0.25) is 0 Å². The summed E-state index contributed by atoms with van der Waals surface area (Å²) < 4.78 is 84.5. The molecule has 0 aliphatic carbocycles. The van der Waals surface area contributed by atoms with E-state index in [2.05, 4.69) is 0 Å². The molecule has 12 unspecified atom stereocenters. The van der Waals surface area contributed by atoms with E-state index in [-0.39, 0.29) is 17.0 Å². The lowest BCUT2D eigenvalue weighted by Gasteiger charge is -2.49. The fourth-order valence-corrected chi connectivity index (χ4v) is 9.98. The molecule has 32 atom stereocenters. The Kier molecular flexibility index (Phi) is 22.6. The monoisotopic (exact) mass is 1210 g/mol. The molecule has 7 saturated heterocycles. The summed E-state index contributed by atoms with van der Waals surface area (Å²) >= 11 is 0. The van der Waals surface area contributed by atoms with Crippen molar-refractivity contribution in [3.63, 3.8) is 0 Å².